The molecule has 0 N–H and O–H groups in total. The van der Waals surface area contributed by atoms with E-state index in [1.54, 1.807) is 4.90 Å². The van der Waals surface area contributed by atoms with Gasteiger partial charge in [0.05, 0.1) is 11.6 Å². The van der Waals surface area contributed by atoms with Gasteiger partial charge in [0.25, 0.3) is 5.91 Å². The van der Waals surface area contributed by atoms with Crippen molar-refractivity contribution < 1.29 is 19.1 Å². The van der Waals surface area contributed by atoms with Crippen molar-refractivity contribution in [2.75, 3.05) is 26.2 Å². The predicted octanol–water partition coefficient (Wildman–Crippen LogP) is 2.76. The molecular formula is C19H26N2O4. The Hall–Kier alpha value is -2.24. The Labute approximate surface area is 148 Å². The van der Waals surface area contributed by atoms with Gasteiger partial charge in [0.1, 0.15) is 18.0 Å². The maximum absolute atomic E-state index is 13.0. The van der Waals surface area contributed by atoms with E-state index in [0.29, 0.717) is 37.6 Å². The first kappa shape index (κ1) is 17.6. The summed E-state index contributed by atoms with van der Waals surface area (Å²) in [4.78, 5) is 28.8. The third kappa shape index (κ3) is 3.57. The van der Waals surface area contributed by atoms with Crippen LogP contribution < -0.4 is 4.74 Å². The summed E-state index contributed by atoms with van der Waals surface area (Å²) in [7, 11) is 0. The lowest BCUT2D eigenvalue weighted by Gasteiger charge is -2.40. The van der Waals surface area contributed by atoms with Gasteiger partial charge in [0.2, 0.25) is 0 Å². The molecule has 0 saturated carbocycles. The maximum Gasteiger partial charge on any atom is 0.410 e. The summed E-state index contributed by atoms with van der Waals surface area (Å²) < 4.78 is 11.4. The summed E-state index contributed by atoms with van der Waals surface area (Å²) >= 11 is 0. The van der Waals surface area contributed by atoms with Crippen molar-refractivity contribution in [3.63, 3.8) is 0 Å². The van der Waals surface area contributed by atoms with E-state index in [4.69, 9.17) is 9.47 Å². The van der Waals surface area contributed by atoms with Crippen LogP contribution in [0, 0.1) is 13.8 Å². The van der Waals surface area contributed by atoms with Crippen LogP contribution in [0.1, 0.15) is 42.3 Å². The molecule has 1 unspecified atom stereocenters. The van der Waals surface area contributed by atoms with Crippen molar-refractivity contribution >= 4 is 12.0 Å². The number of fused-ring (bicyclic) bond motifs is 2. The molecule has 25 heavy (non-hydrogen) atoms. The zero-order valence-electron chi connectivity index (χ0n) is 15.6. The van der Waals surface area contributed by atoms with E-state index in [9.17, 15) is 9.59 Å². The van der Waals surface area contributed by atoms with Crippen molar-refractivity contribution in [3.05, 3.63) is 28.8 Å². The molecule has 2 aliphatic rings. The zero-order valence-corrected chi connectivity index (χ0v) is 15.6. The van der Waals surface area contributed by atoms with Gasteiger partial charge in [-0.05, 0) is 51.8 Å². The van der Waals surface area contributed by atoms with Gasteiger partial charge in [-0.2, -0.15) is 0 Å². The Balaban J connectivity index is 1.80. The minimum absolute atomic E-state index is 0.0150. The fourth-order valence-electron chi connectivity index (χ4n) is 3.40. The number of amides is 2. The number of aryl methyl sites for hydroxylation is 2. The predicted molar refractivity (Wildman–Crippen MR) is 94.0 cm³/mol. The van der Waals surface area contributed by atoms with Crippen molar-refractivity contribution in [2.45, 2.75) is 46.3 Å². The molecule has 2 aliphatic heterocycles. The van der Waals surface area contributed by atoms with Crippen LogP contribution in [0.4, 0.5) is 4.79 Å². The van der Waals surface area contributed by atoms with E-state index in [1.165, 1.54) is 0 Å². The molecule has 1 aromatic rings. The molecule has 2 heterocycles. The highest BCUT2D eigenvalue weighted by Crippen LogP contribution is 2.30. The first-order valence-corrected chi connectivity index (χ1v) is 8.68. The van der Waals surface area contributed by atoms with E-state index in [-0.39, 0.29) is 18.0 Å². The second kappa shape index (κ2) is 6.24. The largest absolute Gasteiger partial charge is 0.491 e. The van der Waals surface area contributed by atoms with E-state index >= 15 is 0 Å². The molecule has 1 atom stereocenters. The van der Waals surface area contributed by atoms with E-state index in [1.807, 2.05) is 51.7 Å². The highest BCUT2D eigenvalue weighted by atomic mass is 16.6. The number of piperazine rings is 1. The number of benzene rings is 1. The molecule has 136 valence electrons. The molecule has 6 heteroatoms. The topological polar surface area (TPSA) is 59.1 Å². The third-order valence-electron chi connectivity index (χ3n) is 4.48. The molecular weight excluding hydrogens is 320 g/mol. The van der Waals surface area contributed by atoms with Gasteiger partial charge in [-0.25, -0.2) is 4.79 Å². The lowest BCUT2D eigenvalue weighted by atomic mass is 10.0. The van der Waals surface area contributed by atoms with Gasteiger partial charge in [-0.3, -0.25) is 4.79 Å². The van der Waals surface area contributed by atoms with Crippen LogP contribution in [0.25, 0.3) is 0 Å². The summed E-state index contributed by atoms with van der Waals surface area (Å²) in [6.45, 7) is 11.2. The van der Waals surface area contributed by atoms with Crippen molar-refractivity contribution in [3.8, 4) is 5.75 Å². The number of hydrogen-bond donors (Lipinski definition) is 0. The van der Waals surface area contributed by atoms with Crippen molar-refractivity contribution in [2.24, 2.45) is 0 Å². The quantitative estimate of drug-likeness (QED) is 0.725. The zero-order chi connectivity index (χ0) is 18.4. The van der Waals surface area contributed by atoms with Gasteiger partial charge in [-0.1, -0.05) is 6.07 Å². The maximum atomic E-state index is 13.0. The monoisotopic (exact) mass is 346 g/mol. The van der Waals surface area contributed by atoms with E-state index in [0.717, 1.165) is 11.1 Å². The minimum Gasteiger partial charge on any atom is -0.491 e. The molecule has 0 bridgehead atoms. The van der Waals surface area contributed by atoms with Crippen LogP contribution in [0.2, 0.25) is 0 Å². The third-order valence-corrected chi connectivity index (χ3v) is 4.48. The summed E-state index contributed by atoms with van der Waals surface area (Å²) in [6, 6.07) is 3.74. The fourth-order valence-corrected chi connectivity index (χ4v) is 3.40. The Morgan fingerprint density at radius 3 is 2.64 bits per heavy atom. The van der Waals surface area contributed by atoms with E-state index in [2.05, 4.69) is 0 Å². The summed E-state index contributed by atoms with van der Waals surface area (Å²) in [5, 5.41) is 0. The van der Waals surface area contributed by atoms with Gasteiger partial charge < -0.3 is 19.3 Å². The molecule has 1 saturated heterocycles. The fraction of sp³-hybridized carbons (Fsp3) is 0.579. The Morgan fingerprint density at radius 2 is 1.96 bits per heavy atom. The summed E-state index contributed by atoms with van der Waals surface area (Å²) in [5.74, 6) is 0.625. The second-order valence-corrected chi connectivity index (χ2v) is 7.84. The number of hydrogen-bond acceptors (Lipinski definition) is 4. The van der Waals surface area contributed by atoms with Gasteiger partial charge in [0, 0.05) is 19.6 Å². The first-order chi connectivity index (χ1) is 11.7. The second-order valence-electron chi connectivity index (χ2n) is 7.84. The molecule has 0 radical (unpaired) electrons. The van der Waals surface area contributed by atoms with Gasteiger partial charge in [0.15, 0.2) is 0 Å². The van der Waals surface area contributed by atoms with Crippen LogP contribution in [-0.2, 0) is 4.74 Å². The number of rotatable bonds is 0. The summed E-state index contributed by atoms with van der Waals surface area (Å²) in [6.07, 6.45) is -0.339. The van der Waals surface area contributed by atoms with Gasteiger partial charge >= 0.3 is 6.09 Å². The number of nitrogens with zero attached hydrogens (tertiary/aromatic N) is 2. The standard InChI is InChI=1S/C19H26N2O4/c1-12-8-13(2)16-15(9-12)24-11-14-10-20(6-7-21(14)17(16)22)18(23)25-19(3,4)5/h8-9,14H,6-7,10-11H2,1-5H3. The molecule has 0 aliphatic carbocycles. The van der Waals surface area contributed by atoms with Crippen molar-refractivity contribution in [1.82, 2.24) is 9.80 Å². The van der Waals surface area contributed by atoms with Crippen LogP contribution in [-0.4, -0.2) is 59.7 Å². The van der Waals surface area contributed by atoms with Crippen LogP contribution in [0.5, 0.6) is 5.75 Å². The number of carbonyl (C=O) groups excluding carboxylic acids is 2. The van der Waals surface area contributed by atoms with E-state index < -0.39 is 5.60 Å². The van der Waals surface area contributed by atoms with Crippen LogP contribution in [0.3, 0.4) is 0 Å². The molecule has 1 fully saturated rings. The Bertz CT molecular complexity index is 708. The minimum atomic E-state index is -0.533. The normalized spacial score (nSPS) is 20.4. The highest BCUT2D eigenvalue weighted by Gasteiger charge is 2.38. The Kier molecular flexibility index (Phi) is 4.39. The SMILES string of the molecule is Cc1cc(C)c2c(c1)OCC1CN(C(=O)OC(C)(C)C)CCN1C2=O. The molecule has 0 spiro atoms. The smallest absolute Gasteiger partial charge is 0.410 e. The van der Waals surface area contributed by atoms with Gasteiger partial charge in [-0.15, -0.1) is 0 Å². The average Bonchev–Trinajstić information content (AvgIpc) is 2.62. The molecule has 0 aromatic heterocycles. The van der Waals surface area contributed by atoms with Crippen LogP contribution in [0.15, 0.2) is 12.1 Å². The Morgan fingerprint density at radius 1 is 1.24 bits per heavy atom. The van der Waals surface area contributed by atoms with Crippen LogP contribution >= 0.6 is 0 Å². The lowest BCUT2D eigenvalue weighted by molar-refractivity contribution is 0.000941. The summed E-state index contributed by atoms with van der Waals surface area (Å²) in [5.41, 5.74) is 2.10. The highest BCUT2D eigenvalue weighted by molar-refractivity contribution is 5.99. The molecule has 6 nitrogen and oxygen atoms in total. The molecule has 3 rings (SSSR count). The lowest BCUT2D eigenvalue weighted by Crippen LogP contribution is -2.58. The first-order valence-electron chi connectivity index (χ1n) is 8.68. The average molecular weight is 346 g/mol. The molecule has 2 amide bonds. The van der Waals surface area contributed by atoms with Crippen molar-refractivity contribution in [1.29, 1.82) is 0 Å². The molecule has 1 aromatic carbocycles. The number of ether oxygens (including phenoxy) is 2. The number of carbonyl (C=O) groups is 2.